The number of piperidine rings is 1. The highest BCUT2D eigenvalue weighted by molar-refractivity contribution is 7.09. The third kappa shape index (κ3) is 4.68. The van der Waals surface area contributed by atoms with Gasteiger partial charge in [-0.1, -0.05) is 0 Å². The molecule has 1 aliphatic rings. The standard InChI is InChI=1S/C16H19F3N4OS/c1-10-21-12(9-25-10)7-23-5-3-13(14(24)8-23)22-15-6-11(2-4-20-15)16(17,18)19/h2,4,6,9,13-14,24H,3,5,7-8H2,1H3,(H,20,22)/t13-,14-/m1/s1. The first-order chi connectivity index (χ1) is 11.8. The second kappa shape index (κ2) is 7.27. The van der Waals surface area contributed by atoms with Gasteiger partial charge < -0.3 is 10.4 Å². The van der Waals surface area contributed by atoms with Crippen LogP contribution in [0.4, 0.5) is 19.0 Å². The van der Waals surface area contributed by atoms with Gasteiger partial charge in [-0.15, -0.1) is 11.3 Å². The molecule has 0 amide bonds. The Morgan fingerprint density at radius 1 is 1.44 bits per heavy atom. The number of anilines is 1. The number of aliphatic hydroxyl groups is 1. The number of pyridine rings is 1. The molecular weight excluding hydrogens is 353 g/mol. The number of thiazole rings is 1. The van der Waals surface area contributed by atoms with Crippen molar-refractivity contribution in [3.8, 4) is 0 Å². The smallest absolute Gasteiger partial charge is 0.390 e. The van der Waals surface area contributed by atoms with Crippen molar-refractivity contribution in [3.63, 3.8) is 0 Å². The fourth-order valence-corrected chi connectivity index (χ4v) is 3.50. The summed E-state index contributed by atoms with van der Waals surface area (Å²) in [6.07, 6.45) is -3.36. The van der Waals surface area contributed by atoms with Gasteiger partial charge in [0.15, 0.2) is 0 Å². The summed E-state index contributed by atoms with van der Waals surface area (Å²) in [5.41, 5.74) is 0.219. The molecule has 1 saturated heterocycles. The van der Waals surface area contributed by atoms with Gasteiger partial charge in [-0.2, -0.15) is 13.2 Å². The highest BCUT2D eigenvalue weighted by Gasteiger charge is 2.32. The molecule has 2 N–H and O–H groups in total. The molecule has 25 heavy (non-hydrogen) atoms. The molecular formula is C16H19F3N4OS. The van der Waals surface area contributed by atoms with Crippen LogP contribution in [0.1, 0.15) is 22.7 Å². The maximum atomic E-state index is 12.8. The van der Waals surface area contributed by atoms with Crippen molar-refractivity contribution < 1.29 is 18.3 Å². The Balaban J connectivity index is 1.58. The second-order valence-corrected chi connectivity index (χ2v) is 7.19. The molecule has 0 unspecified atom stereocenters. The van der Waals surface area contributed by atoms with Crippen LogP contribution in [0.3, 0.4) is 0 Å². The van der Waals surface area contributed by atoms with Crippen LogP contribution in [0.2, 0.25) is 0 Å². The second-order valence-electron chi connectivity index (χ2n) is 6.13. The van der Waals surface area contributed by atoms with E-state index < -0.39 is 17.8 Å². The zero-order valence-corrected chi connectivity index (χ0v) is 14.4. The zero-order valence-electron chi connectivity index (χ0n) is 13.6. The molecule has 3 heterocycles. The van der Waals surface area contributed by atoms with Crippen LogP contribution in [0.15, 0.2) is 23.7 Å². The number of hydrogen-bond acceptors (Lipinski definition) is 6. The van der Waals surface area contributed by atoms with E-state index in [0.717, 1.165) is 35.6 Å². The van der Waals surface area contributed by atoms with Gasteiger partial charge >= 0.3 is 6.18 Å². The number of rotatable bonds is 4. The Labute approximate surface area is 147 Å². The molecule has 2 atom stereocenters. The first-order valence-corrected chi connectivity index (χ1v) is 8.80. The Morgan fingerprint density at radius 2 is 2.24 bits per heavy atom. The summed E-state index contributed by atoms with van der Waals surface area (Å²) in [7, 11) is 0. The lowest BCUT2D eigenvalue weighted by atomic mass is 10.0. The summed E-state index contributed by atoms with van der Waals surface area (Å²) in [5, 5.41) is 16.3. The van der Waals surface area contributed by atoms with Gasteiger partial charge in [-0.05, 0) is 25.5 Å². The number of halogens is 3. The molecule has 5 nitrogen and oxygen atoms in total. The minimum atomic E-state index is -4.41. The molecule has 0 spiro atoms. The molecule has 1 fully saturated rings. The summed E-state index contributed by atoms with van der Waals surface area (Å²) in [5.74, 6) is 0.127. The summed E-state index contributed by atoms with van der Waals surface area (Å²) in [6, 6.07) is 1.57. The summed E-state index contributed by atoms with van der Waals surface area (Å²) >= 11 is 1.59. The van der Waals surface area contributed by atoms with Gasteiger partial charge in [0.25, 0.3) is 0 Å². The van der Waals surface area contributed by atoms with E-state index in [9.17, 15) is 18.3 Å². The summed E-state index contributed by atoms with van der Waals surface area (Å²) in [6.45, 7) is 3.77. The maximum absolute atomic E-state index is 12.8. The predicted molar refractivity (Wildman–Crippen MR) is 89.4 cm³/mol. The number of likely N-dealkylation sites (tertiary alicyclic amines) is 1. The Hall–Kier alpha value is -1.71. The molecule has 0 aromatic carbocycles. The summed E-state index contributed by atoms with van der Waals surface area (Å²) < 4.78 is 38.3. The molecule has 9 heteroatoms. The van der Waals surface area contributed by atoms with Gasteiger partial charge in [-0.25, -0.2) is 9.97 Å². The SMILES string of the molecule is Cc1nc(CN2CC[C@@H](Nc3cc(C(F)(F)F)ccn3)[C@H](O)C2)cs1. The van der Waals surface area contributed by atoms with E-state index in [0.29, 0.717) is 19.5 Å². The van der Waals surface area contributed by atoms with E-state index in [1.807, 2.05) is 12.3 Å². The van der Waals surface area contributed by atoms with Crippen molar-refractivity contribution in [2.45, 2.75) is 38.2 Å². The fraction of sp³-hybridized carbons (Fsp3) is 0.500. The number of aromatic nitrogens is 2. The minimum absolute atomic E-state index is 0.127. The molecule has 2 aromatic rings. The number of hydrogen-bond donors (Lipinski definition) is 2. The number of nitrogens with one attached hydrogen (secondary N) is 1. The number of nitrogens with zero attached hydrogens (tertiary/aromatic N) is 3. The monoisotopic (exact) mass is 372 g/mol. The third-order valence-electron chi connectivity index (χ3n) is 4.14. The molecule has 1 aliphatic heterocycles. The minimum Gasteiger partial charge on any atom is -0.390 e. The molecule has 0 aliphatic carbocycles. The fourth-order valence-electron chi connectivity index (χ4n) is 2.89. The van der Waals surface area contributed by atoms with Gasteiger partial charge in [0.2, 0.25) is 0 Å². The van der Waals surface area contributed by atoms with Gasteiger partial charge in [0, 0.05) is 31.2 Å². The zero-order chi connectivity index (χ0) is 18.0. The Morgan fingerprint density at radius 3 is 2.88 bits per heavy atom. The average Bonchev–Trinajstić information content (AvgIpc) is 2.94. The van der Waals surface area contributed by atoms with Crippen molar-refractivity contribution in [1.82, 2.24) is 14.9 Å². The maximum Gasteiger partial charge on any atom is 0.416 e. The van der Waals surface area contributed by atoms with E-state index in [1.165, 1.54) is 0 Å². The van der Waals surface area contributed by atoms with Gasteiger partial charge in [0.1, 0.15) is 5.82 Å². The topological polar surface area (TPSA) is 61.3 Å². The quantitative estimate of drug-likeness (QED) is 0.864. The van der Waals surface area contributed by atoms with Gasteiger partial charge in [0.05, 0.1) is 28.4 Å². The lowest BCUT2D eigenvalue weighted by molar-refractivity contribution is -0.137. The molecule has 0 saturated carbocycles. The highest BCUT2D eigenvalue weighted by Crippen LogP contribution is 2.30. The van der Waals surface area contributed by atoms with Crippen molar-refractivity contribution >= 4 is 17.2 Å². The van der Waals surface area contributed by atoms with E-state index >= 15 is 0 Å². The van der Waals surface area contributed by atoms with Crippen molar-refractivity contribution in [3.05, 3.63) is 40.0 Å². The molecule has 3 rings (SSSR count). The van der Waals surface area contributed by atoms with E-state index in [4.69, 9.17) is 0 Å². The molecule has 2 aromatic heterocycles. The van der Waals surface area contributed by atoms with E-state index in [2.05, 4.69) is 20.2 Å². The van der Waals surface area contributed by atoms with Gasteiger partial charge in [-0.3, -0.25) is 4.90 Å². The molecule has 0 bridgehead atoms. The number of β-amino-alcohol motifs (C(OH)–C–C–N with tert-alkyl or cyclic N) is 1. The van der Waals surface area contributed by atoms with Crippen molar-refractivity contribution in [1.29, 1.82) is 0 Å². The largest absolute Gasteiger partial charge is 0.416 e. The van der Waals surface area contributed by atoms with Crippen LogP contribution < -0.4 is 5.32 Å². The van der Waals surface area contributed by atoms with Crippen LogP contribution in [-0.4, -0.2) is 45.2 Å². The Bertz CT molecular complexity index is 721. The third-order valence-corrected chi connectivity index (χ3v) is 4.96. The summed E-state index contributed by atoms with van der Waals surface area (Å²) in [4.78, 5) is 10.4. The van der Waals surface area contributed by atoms with Crippen LogP contribution in [0, 0.1) is 6.92 Å². The van der Waals surface area contributed by atoms with E-state index in [-0.39, 0.29) is 11.9 Å². The predicted octanol–water partition coefficient (Wildman–Crippen LogP) is 2.91. The van der Waals surface area contributed by atoms with Crippen molar-refractivity contribution in [2.24, 2.45) is 0 Å². The molecule has 0 radical (unpaired) electrons. The van der Waals surface area contributed by atoms with E-state index in [1.54, 1.807) is 11.3 Å². The number of aliphatic hydroxyl groups excluding tert-OH is 1. The van der Waals surface area contributed by atoms with Crippen molar-refractivity contribution in [2.75, 3.05) is 18.4 Å². The van der Waals surface area contributed by atoms with Crippen LogP contribution in [0.25, 0.3) is 0 Å². The van der Waals surface area contributed by atoms with Crippen LogP contribution in [0.5, 0.6) is 0 Å². The Kier molecular flexibility index (Phi) is 5.26. The lowest BCUT2D eigenvalue weighted by Gasteiger charge is -2.36. The first-order valence-electron chi connectivity index (χ1n) is 7.92. The lowest BCUT2D eigenvalue weighted by Crippen LogP contribution is -2.49. The average molecular weight is 372 g/mol. The van der Waals surface area contributed by atoms with Crippen LogP contribution >= 0.6 is 11.3 Å². The normalized spacial score (nSPS) is 22.1. The first kappa shape index (κ1) is 18.1. The van der Waals surface area contributed by atoms with Crippen LogP contribution in [-0.2, 0) is 12.7 Å². The number of alkyl halides is 3. The molecule has 136 valence electrons. The number of aryl methyl sites for hydroxylation is 1. The highest BCUT2D eigenvalue weighted by atomic mass is 32.1.